The molecule has 0 spiro atoms. The predicted octanol–water partition coefficient (Wildman–Crippen LogP) is 1.07. The zero-order chi connectivity index (χ0) is 14.6. The summed E-state index contributed by atoms with van der Waals surface area (Å²) in [6, 6.07) is 6.87. The first-order valence-electron chi connectivity index (χ1n) is 7.01. The van der Waals surface area contributed by atoms with Gasteiger partial charge >= 0.3 is 0 Å². The molecule has 0 radical (unpaired) electrons. The number of hydrogen-bond acceptors (Lipinski definition) is 4. The van der Waals surface area contributed by atoms with Crippen LogP contribution in [0.5, 0.6) is 0 Å². The summed E-state index contributed by atoms with van der Waals surface area (Å²) >= 11 is 0. The molecule has 0 heterocycles. The summed E-state index contributed by atoms with van der Waals surface area (Å²) in [6.45, 7) is 0.696. The summed E-state index contributed by atoms with van der Waals surface area (Å²) in [5.41, 5.74) is 6.38. The third-order valence-corrected chi connectivity index (χ3v) is 5.71. The van der Waals surface area contributed by atoms with Gasteiger partial charge in [0.25, 0.3) is 0 Å². The lowest BCUT2D eigenvalue weighted by atomic mass is 9.93. The molecular weight excluding hydrogens is 276 g/mol. The lowest BCUT2D eigenvalue weighted by Crippen LogP contribution is -2.44. The maximum absolute atomic E-state index is 12.7. The first-order chi connectivity index (χ1) is 9.59. The number of aliphatic hydroxyl groups is 1. The van der Waals surface area contributed by atoms with E-state index in [1.165, 1.54) is 0 Å². The molecule has 0 aromatic heterocycles. The van der Waals surface area contributed by atoms with Crippen LogP contribution in [0.25, 0.3) is 0 Å². The van der Waals surface area contributed by atoms with Crippen molar-refractivity contribution in [2.75, 3.05) is 13.2 Å². The fourth-order valence-electron chi connectivity index (χ4n) is 2.37. The second-order valence-electron chi connectivity index (χ2n) is 5.13. The van der Waals surface area contributed by atoms with Crippen LogP contribution in [0.2, 0.25) is 0 Å². The smallest absolute Gasteiger partial charge is 0.243 e. The maximum Gasteiger partial charge on any atom is 0.243 e. The van der Waals surface area contributed by atoms with E-state index in [1.54, 1.807) is 22.5 Å². The van der Waals surface area contributed by atoms with E-state index in [9.17, 15) is 8.42 Å². The van der Waals surface area contributed by atoms with Crippen molar-refractivity contribution in [1.29, 1.82) is 0 Å². The predicted molar refractivity (Wildman–Crippen MR) is 77.6 cm³/mol. The molecule has 1 aromatic carbocycles. The molecule has 0 unspecified atom stereocenters. The second kappa shape index (κ2) is 6.67. The average Bonchev–Trinajstić information content (AvgIpc) is 2.41. The molecule has 0 bridgehead atoms. The van der Waals surface area contributed by atoms with Gasteiger partial charge in [-0.1, -0.05) is 18.6 Å². The van der Waals surface area contributed by atoms with Gasteiger partial charge in [-0.3, -0.25) is 0 Å². The van der Waals surface area contributed by atoms with Gasteiger partial charge in [0, 0.05) is 25.7 Å². The molecule has 112 valence electrons. The monoisotopic (exact) mass is 298 g/mol. The summed E-state index contributed by atoms with van der Waals surface area (Å²) < 4.78 is 27.0. The molecule has 6 heteroatoms. The molecule has 1 aromatic rings. The number of sulfonamides is 1. The Bertz CT molecular complexity index is 541. The molecule has 5 nitrogen and oxygen atoms in total. The minimum absolute atomic E-state index is 0.00157. The molecule has 0 aliphatic heterocycles. The molecule has 1 fully saturated rings. The van der Waals surface area contributed by atoms with Gasteiger partial charge < -0.3 is 10.8 Å². The Hall–Kier alpha value is -0.950. The Kier molecular flexibility index (Phi) is 5.15. The zero-order valence-electron chi connectivity index (χ0n) is 11.5. The molecule has 3 N–H and O–H groups in total. The highest BCUT2D eigenvalue weighted by molar-refractivity contribution is 7.89. The average molecular weight is 298 g/mol. The standard InChI is InChI=1S/C14H22N2O3S/c15-11-12-4-1-7-14(10-12)20(18,19)16(8-3-9-17)13-5-2-6-13/h1,4,7,10,13,17H,2-3,5-6,8-9,11,15H2. The van der Waals surface area contributed by atoms with Crippen molar-refractivity contribution in [3.8, 4) is 0 Å². The zero-order valence-corrected chi connectivity index (χ0v) is 12.3. The topological polar surface area (TPSA) is 83.6 Å². The van der Waals surface area contributed by atoms with E-state index < -0.39 is 10.0 Å². The number of hydrogen-bond donors (Lipinski definition) is 2. The van der Waals surface area contributed by atoms with Crippen molar-refractivity contribution < 1.29 is 13.5 Å². The van der Waals surface area contributed by atoms with Gasteiger partial charge in [-0.05, 0) is 37.0 Å². The van der Waals surface area contributed by atoms with E-state index in [2.05, 4.69) is 0 Å². The van der Waals surface area contributed by atoms with E-state index >= 15 is 0 Å². The van der Waals surface area contributed by atoms with Crippen LogP contribution in [-0.4, -0.2) is 37.0 Å². The molecule has 0 atom stereocenters. The highest BCUT2D eigenvalue weighted by Gasteiger charge is 2.34. The Morgan fingerprint density at radius 2 is 2.10 bits per heavy atom. The van der Waals surface area contributed by atoms with E-state index in [0.29, 0.717) is 24.4 Å². The lowest BCUT2D eigenvalue weighted by Gasteiger charge is -2.36. The third kappa shape index (κ3) is 3.20. The van der Waals surface area contributed by atoms with Crippen LogP contribution in [0.15, 0.2) is 29.2 Å². The molecule has 20 heavy (non-hydrogen) atoms. The van der Waals surface area contributed by atoms with Crippen LogP contribution >= 0.6 is 0 Å². The fraction of sp³-hybridized carbons (Fsp3) is 0.571. The Labute approximate surface area is 120 Å². The highest BCUT2D eigenvalue weighted by atomic mass is 32.2. The number of benzene rings is 1. The summed E-state index contributed by atoms with van der Waals surface area (Å²) in [5, 5.41) is 8.97. The first-order valence-corrected chi connectivity index (χ1v) is 8.45. The van der Waals surface area contributed by atoms with Crippen LogP contribution in [0.1, 0.15) is 31.2 Å². The van der Waals surface area contributed by atoms with Gasteiger partial charge in [-0.15, -0.1) is 0 Å². The van der Waals surface area contributed by atoms with Crippen molar-refractivity contribution in [3.63, 3.8) is 0 Å². The summed E-state index contributed by atoms with van der Waals surface area (Å²) in [7, 11) is -3.50. The number of nitrogens with zero attached hydrogens (tertiary/aromatic N) is 1. The molecule has 0 saturated heterocycles. The molecule has 2 rings (SSSR count). The number of nitrogens with two attached hydrogens (primary N) is 1. The van der Waals surface area contributed by atoms with Crippen LogP contribution in [0.3, 0.4) is 0 Å². The fourth-order valence-corrected chi connectivity index (χ4v) is 4.16. The Morgan fingerprint density at radius 1 is 1.35 bits per heavy atom. The number of aliphatic hydroxyl groups excluding tert-OH is 1. The lowest BCUT2D eigenvalue weighted by molar-refractivity contribution is 0.198. The molecule has 1 saturated carbocycles. The second-order valence-corrected chi connectivity index (χ2v) is 7.02. The van der Waals surface area contributed by atoms with Gasteiger partial charge in [0.2, 0.25) is 10.0 Å². The molecule has 0 amide bonds. The maximum atomic E-state index is 12.7. The Morgan fingerprint density at radius 3 is 2.65 bits per heavy atom. The Balaban J connectivity index is 2.28. The number of rotatable bonds is 7. The first kappa shape index (κ1) is 15.4. The van der Waals surface area contributed by atoms with E-state index in [4.69, 9.17) is 10.8 Å². The quantitative estimate of drug-likeness (QED) is 0.789. The molecular formula is C14H22N2O3S. The van der Waals surface area contributed by atoms with Gasteiger partial charge in [0.05, 0.1) is 4.90 Å². The van der Waals surface area contributed by atoms with E-state index in [1.807, 2.05) is 6.07 Å². The van der Waals surface area contributed by atoms with Gasteiger partial charge in [0.15, 0.2) is 0 Å². The van der Waals surface area contributed by atoms with Crippen molar-refractivity contribution in [2.45, 2.75) is 43.2 Å². The minimum atomic E-state index is -3.50. The van der Waals surface area contributed by atoms with E-state index in [-0.39, 0.29) is 12.6 Å². The van der Waals surface area contributed by atoms with Crippen LogP contribution in [0, 0.1) is 0 Å². The summed E-state index contributed by atoms with van der Waals surface area (Å²) in [6.07, 6.45) is 3.34. The largest absolute Gasteiger partial charge is 0.396 e. The summed E-state index contributed by atoms with van der Waals surface area (Å²) in [5.74, 6) is 0. The normalized spacial score (nSPS) is 16.4. The van der Waals surface area contributed by atoms with Crippen molar-refractivity contribution in [1.82, 2.24) is 4.31 Å². The summed E-state index contributed by atoms with van der Waals surface area (Å²) in [4.78, 5) is 0.297. The third-order valence-electron chi connectivity index (χ3n) is 3.76. The van der Waals surface area contributed by atoms with Gasteiger partial charge in [0.1, 0.15) is 0 Å². The minimum Gasteiger partial charge on any atom is -0.396 e. The van der Waals surface area contributed by atoms with Crippen molar-refractivity contribution >= 4 is 10.0 Å². The van der Waals surface area contributed by atoms with Crippen LogP contribution < -0.4 is 5.73 Å². The van der Waals surface area contributed by atoms with E-state index in [0.717, 1.165) is 24.8 Å². The highest BCUT2D eigenvalue weighted by Crippen LogP contribution is 2.30. The molecule has 1 aliphatic rings. The van der Waals surface area contributed by atoms with Crippen molar-refractivity contribution in [3.05, 3.63) is 29.8 Å². The van der Waals surface area contributed by atoms with Crippen molar-refractivity contribution in [2.24, 2.45) is 5.73 Å². The van der Waals surface area contributed by atoms with Crippen LogP contribution in [-0.2, 0) is 16.6 Å². The van der Waals surface area contributed by atoms with Gasteiger partial charge in [-0.25, -0.2) is 8.42 Å². The SMILES string of the molecule is NCc1cccc(S(=O)(=O)N(CCCO)C2CCC2)c1. The molecule has 1 aliphatic carbocycles. The van der Waals surface area contributed by atoms with Gasteiger partial charge in [-0.2, -0.15) is 4.31 Å². The van der Waals surface area contributed by atoms with Crippen LogP contribution in [0.4, 0.5) is 0 Å².